The lowest BCUT2D eigenvalue weighted by molar-refractivity contribution is 0.170. The van der Waals surface area contributed by atoms with Crippen molar-refractivity contribution in [1.82, 2.24) is 23.9 Å². The number of aryl methyl sites for hydroxylation is 2. The van der Waals surface area contributed by atoms with Crippen LogP contribution in [0.25, 0.3) is 16.9 Å². The highest BCUT2D eigenvalue weighted by Gasteiger charge is 2.30. The summed E-state index contributed by atoms with van der Waals surface area (Å²) < 4.78 is 35.5. The lowest BCUT2D eigenvalue weighted by atomic mass is 10.00. The fraction of sp³-hybridized carbons (Fsp3) is 0.522. The van der Waals surface area contributed by atoms with Crippen LogP contribution in [0.1, 0.15) is 44.6 Å². The zero-order valence-electron chi connectivity index (χ0n) is 19.7. The van der Waals surface area contributed by atoms with Crippen molar-refractivity contribution in [2.24, 2.45) is 5.92 Å². The van der Waals surface area contributed by atoms with Crippen LogP contribution in [-0.2, 0) is 16.4 Å². The maximum Gasteiger partial charge on any atom is 0.277 e. The summed E-state index contributed by atoms with van der Waals surface area (Å²) in [4.78, 5) is 20.3. The fourth-order valence-electron chi connectivity index (χ4n) is 4.36. The van der Waals surface area contributed by atoms with E-state index in [1.54, 1.807) is 17.5 Å². The molecule has 34 heavy (non-hydrogen) atoms. The van der Waals surface area contributed by atoms with Crippen molar-refractivity contribution in [3.05, 3.63) is 40.1 Å². The summed E-state index contributed by atoms with van der Waals surface area (Å²) in [6.45, 7) is 6.76. The molecule has 0 aliphatic carbocycles. The first-order valence-corrected chi connectivity index (χ1v) is 13.1. The molecule has 3 aromatic rings. The number of rotatable bonds is 8. The average Bonchev–Trinajstić information content (AvgIpc) is 3.15. The van der Waals surface area contributed by atoms with E-state index in [1.807, 2.05) is 13.8 Å². The van der Waals surface area contributed by atoms with E-state index in [9.17, 15) is 18.3 Å². The largest absolute Gasteiger partial charge is 0.493 e. The Kier molecular flexibility index (Phi) is 7.06. The number of fused-ring (bicyclic) bond motifs is 1. The van der Waals surface area contributed by atoms with Gasteiger partial charge in [0.2, 0.25) is 10.0 Å². The summed E-state index contributed by atoms with van der Waals surface area (Å²) in [7, 11) is -3.76. The van der Waals surface area contributed by atoms with Gasteiger partial charge in [-0.2, -0.15) is 4.31 Å². The summed E-state index contributed by atoms with van der Waals surface area (Å²) in [6.07, 6.45) is 2.73. The molecule has 0 radical (unpaired) electrons. The smallest absolute Gasteiger partial charge is 0.277 e. The number of piperidine rings is 1. The molecule has 2 N–H and O–H groups in total. The number of nitrogens with zero attached hydrogens (tertiary/aromatic N) is 4. The Morgan fingerprint density at radius 2 is 1.97 bits per heavy atom. The molecule has 184 valence electrons. The summed E-state index contributed by atoms with van der Waals surface area (Å²) in [6, 6.07) is 4.62. The molecule has 0 saturated carbocycles. The quantitative estimate of drug-likeness (QED) is 0.496. The Labute approximate surface area is 198 Å². The molecule has 0 amide bonds. The van der Waals surface area contributed by atoms with E-state index in [0.717, 1.165) is 6.42 Å². The second-order valence-corrected chi connectivity index (χ2v) is 10.5. The number of aliphatic hydroxyl groups excluding tert-OH is 1. The van der Waals surface area contributed by atoms with E-state index >= 15 is 0 Å². The number of hydrogen-bond acceptors (Lipinski definition) is 7. The van der Waals surface area contributed by atoms with Crippen molar-refractivity contribution in [3.8, 4) is 17.1 Å². The molecular formula is C23H31N5O5S. The van der Waals surface area contributed by atoms with E-state index in [4.69, 9.17) is 4.74 Å². The van der Waals surface area contributed by atoms with E-state index in [0.29, 0.717) is 67.3 Å². The van der Waals surface area contributed by atoms with Gasteiger partial charge >= 0.3 is 0 Å². The molecule has 11 heteroatoms. The van der Waals surface area contributed by atoms with Gasteiger partial charge in [0.25, 0.3) is 5.56 Å². The number of nitrogens with one attached hydrogen (secondary N) is 1. The SMILES string of the molecule is CCCc1nc(C)c2c(=O)[nH]c(-c3cc(S(=O)(=O)N4CCC(CO)CC4)ccc3OCC)nn12. The van der Waals surface area contributed by atoms with Crippen molar-refractivity contribution < 1.29 is 18.3 Å². The van der Waals surface area contributed by atoms with E-state index in [2.05, 4.69) is 15.1 Å². The van der Waals surface area contributed by atoms with Crippen molar-refractivity contribution >= 4 is 15.5 Å². The Hall–Kier alpha value is -2.76. The maximum absolute atomic E-state index is 13.4. The monoisotopic (exact) mass is 489 g/mol. The van der Waals surface area contributed by atoms with Crippen molar-refractivity contribution in [2.75, 3.05) is 26.3 Å². The summed E-state index contributed by atoms with van der Waals surface area (Å²) in [5.74, 6) is 1.44. The highest BCUT2D eigenvalue weighted by atomic mass is 32.2. The molecule has 1 saturated heterocycles. The third-order valence-corrected chi connectivity index (χ3v) is 8.09. The first kappa shape index (κ1) is 24.4. The topological polar surface area (TPSA) is 130 Å². The summed E-state index contributed by atoms with van der Waals surface area (Å²) in [5, 5.41) is 14.0. The van der Waals surface area contributed by atoms with Crippen LogP contribution in [0.5, 0.6) is 5.75 Å². The normalized spacial score (nSPS) is 15.8. The van der Waals surface area contributed by atoms with E-state index in [-0.39, 0.29) is 28.8 Å². The molecule has 3 heterocycles. The van der Waals surface area contributed by atoms with E-state index < -0.39 is 10.0 Å². The average molecular weight is 490 g/mol. The van der Waals surface area contributed by atoms with Gasteiger partial charge in [-0.05, 0) is 57.2 Å². The van der Waals surface area contributed by atoms with Crippen LogP contribution in [0, 0.1) is 12.8 Å². The lowest BCUT2D eigenvalue weighted by Crippen LogP contribution is -2.39. The van der Waals surface area contributed by atoms with Gasteiger partial charge in [0, 0.05) is 26.1 Å². The fourth-order valence-corrected chi connectivity index (χ4v) is 5.86. The summed E-state index contributed by atoms with van der Waals surface area (Å²) in [5.41, 5.74) is 1.01. The van der Waals surface area contributed by atoms with Gasteiger partial charge in [-0.1, -0.05) is 6.92 Å². The van der Waals surface area contributed by atoms with Crippen LogP contribution in [0.15, 0.2) is 27.9 Å². The molecule has 1 fully saturated rings. The van der Waals surface area contributed by atoms with Gasteiger partial charge in [-0.15, -0.1) is 5.10 Å². The minimum atomic E-state index is -3.76. The molecule has 0 atom stereocenters. The van der Waals surface area contributed by atoms with Crippen molar-refractivity contribution in [3.63, 3.8) is 0 Å². The summed E-state index contributed by atoms with van der Waals surface area (Å²) >= 11 is 0. The molecule has 1 aliphatic rings. The zero-order chi connectivity index (χ0) is 24.5. The van der Waals surface area contributed by atoms with Crippen molar-refractivity contribution in [1.29, 1.82) is 0 Å². The van der Waals surface area contributed by atoms with Crippen LogP contribution < -0.4 is 10.3 Å². The number of ether oxygens (including phenoxy) is 1. The first-order valence-electron chi connectivity index (χ1n) is 11.7. The molecule has 0 unspecified atom stereocenters. The third-order valence-electron chi connectivity index (χ3n) is 6.19. The standard InChI is InChI=1S/C23H31N5O5S/c1-4-6-20-24-15(3)21-23(30)25-22(26-28(20)21)18-13-17(7-8-19(18)33-5-2)34(31,32)27-11-9-16(14-29)10-12-27/h7-8,13,16,29H,4-6,9-12,14H2,1-3H3,(H,25,26,30). The predicted octanol–water partition coefficient (Wildman–Crippen LogP) is 2.14. The zero-order valence-corrected chi connectivity index (χ0v) is 20.6. The molecular weight excluding hydrogens is 458 g/mol. The Balaban J connectivity index is 1.82. The second kappa shape index (κ2) is 9.85. The molecule has 1 aliphatic heterocycles. The van der Waals surface area contributed by atoms with Gasteiger partial charge in [0.1, 0.15) is 11.6 Å². The number of sulfonamides is 1. The number of H-pyrrole nitrogens is 1. The highest BCUT2D eigenvalue weighted by Crippen LogP contribution is 2.32. The van der Waals surface area contributed by atoms with Crippen LogP contribution in [0.3, 0.4) is 0 Å². The molecule has 0 spiro atoms. The van der Waals surface area contributed by atoms with Crippen LogP contribution >= 0.6 is 0 Å². The van der Waals surface area contributed by atoms with Crippen LogP contribution in [0.4, 0.5) is 0 Å². The van der Waals surface area contributed by atoms with E-state index in [1.165, 1.54) is 16.4 Å². The number of imidazole rings is 1. The Morgan fingerprint density at radius 1 is 1.24 bits per heavy atom. The van der Waals surface area contributed by atoms with Crippen LogP contribution in [0.2, 0.25) is 0 Å². The Morgan fingerprint density at radius 3 is 2.62 bits per heavy atom. The Bertz CT molecular complexity index is 1340. The third kappa shape index (κ3) is 4.47. The minimum Gasteiger partial charge on any atom is -0.493 e. The van der Waals surface area contributed by atoms with Crippen molar-refractivity contribution in [2.45, 2.75) is 51.3 Å². The van der Waals surface area contributed by atoms with Gasteiger partial charge in [-0.25, -0.2) is 17.9 Å². The number of benzene rings is 1. The number of aliphatic hydroxyl groups is 1. The maximum atomic E-state index is 13.4. The highest BCUT2D eigenvalue weighted by molar-refractivity contribution is 7.89. The molecule has 0 bridgehead atoms. The van der Waals surface area contributed by atoms with Gasteiger partial charge in [0.05, 0.1) is 22.8 Å². The molecule has 2 aromatic heterocycles. The lowest BCUT2D eigenvalue weighted by Gasteiger charge is -2.30. The van der Waals surface area contributed by atoms with Gasteiger partial charge in [-0.3, -0.25) is 4.79 Å². The number of aromatic amines is 1. The second-order valence-electron chi connectivity index (χ2n) is 8.55. The molecule has 4 rings (SSSR count). The number of aromatic nitrogens is 4. The molecule has 1 aromatic carbocycles. The van der Waals surface area contributed by atoms with Gasteiger partial charge in [0.15, 0.2) is 11.3 Å². The molecule has 10 nitrogen and oxygen atoms in total. The minimum absolute atomic E-state index is 0.0658. The predicted molar refractivity (Wildman–Crippen MR) is 128 cm³/mol. The first-order chi connectivity index (χ1) is 16.3. The van der Waals surface area contributed by atoms with Crippen LogP contribution in [-0.4, -0.2) is 63.7 Å². The number of hydrogen-bond donors (Lipinski definition) is 2. The van der Waals surface area contributed by atoms with Gasteiger partial charge < -0.3 is 14.8 Å².